The van der Waals surface area contributed by atoms with Crippen LogP contribution in [0.4, 0.5) is 16.2 Å². The van der Waals surface area contributed by atoms with Gasteiger partial charge in [0.1, 0.15) is 11.1 Å². The number of barbiturate groups is 1. The Labute approximate surface area is 439 Å². The van der Waals surface area contributed by atoms with Crippen LogP contribution in [0.15, 0.2) is 182 Å². The van der Waals surface area contributed by atoms with Crippen LogP contribution in [-0.2, 0) is 35.8 Å². The quantitative estimate of drug-likeness (QED) is 0.0437. The van der Waals surface area contributed by atoms with E-state index in [9.17, 15) is 24.0 Å². The topological polar surface area (TPSA) is 117 Å². The molecule has 1 saturated heterocycles. The highest BCUT2D eigenvalue weighted by Crippen LogP contribution is 2.50. The molecule has 9 rings (SSSR count). The number of halogens is 1. The van der Waals surface area contributed by atoms with Gasteiger partial charge in [-0.25, -0.2) is 4.79 Å². The zero-order valence-corrected chi connectivity index (χ0v) is 43.7. The normalized spacial score (nSPS) is 18.5. The Kier molecular flexibility index (Phi) is 16.0. The summed E-state index contributed by atoms with van der Waals surface area (Å²) in [4.78, 5) is 74.1. The smallest absolute Gasteiger partial charge is 0.334 e. The molecule has 5 aromatic rings. The highest BCUT2D eigenvalue weighted by Gasteiger charge is 2.51. The minimum atomic E-state index is -0.603. The third kappa shape index (κ3) is 10.4. The second kappa shape index (κ2) is 22.6. The summed E-state index contributed by atoms with van der Waals surface area (Å²) in [7, 11) is 0. The summed E-state index contributed by atoms with van der Waals surface area (Å²) in [6.07, 6.45) is 9.10. The number of hydrogen-bond donors (Lipinski definition) is 0. The Morgan fingerprint density at radius 1 is 0.676 bits per heavy atom. The van der Waals surface area contributed by atoms with Crippen molar-refractivity contribution in [1.29, 1.82) is 0 Å². The molecule has 4 aliphatic rings. The predicted molar refractivity (Wildman–Crippen MR) is 293 cm³/mol. The van der Waals surface area contributed by atoms with Crippen LogP contribution in [-0.4, -0.2) is 71.0 Å². The molecule has 0 radical (unpaired) electrons. The Balaban J connectivity index is 0.000000197. The molecule has 0 N–H and O–H groups in total. The number of hydrogen-bond acceptors (Lipinski definition) is 9. The summed E-state index contributed by atoms with van der Waals surface area (Å²) in [5.41, 5.74) is 7.54. The number of imide groups is 2. The number of nitrogens with zero attached hydrogens (tertiary/aromatic N) is 4. The average molecular weight is 1010 g/mol. The Morgan fingerprint density at radius 3 is 1.82 bits per heavy atom. The van der Waals surface area contributed by atoms with Gasteiger partial charge in [0.05, 0.1) is 30.4 Å². The molecule has 1 saturated carbocycles. The van der Waals surface area contributed by atoms with Crippen LogP contribution < -0.4 is 14.5 Å². The number of amides is 4. The molecule has 12 heteroatoms. The molecule has 380 valence electrons. The predicted octanol–water partition coefficient (Wildman–Crippen LogP) is 12.5. The standard InChI is InChI=1S/C34H27NO3.C28H36ClN3O4/c1-2-23-17-19-24(20-18-23)21-22-35-27-15-9-10-16-28(27)38-34(35)31-32(36)29(25-11-5-3-6-12-25)30(33(31)37)26-13-7-4-8-14-26;1-8-36-16-10-9-15-30-23-17-20(29)11-13-22(23)28(6,7)24(30)14-12-21-25(33)31(18(2)3)27(35)32(19(4)5)26(21)34/h2-20,29-30H,1,21-22H2;8,11-14,17-19H,1,9-10,15-16H2,2-7H3/b;24-14-. The molecule has 3 heterocycles. The first-order valence-corrected chi connectivity index (χ1v) is 25.6. The first-order valence-electron chi connectivity index (χ1n) is 25.2. The molecule has 2 fully saturated rings. The lowest BCUT2D eigenvalue weighted by molar-refractivity contribution is -0.137. The number of urea groups is 1. The summed E-state index contributed by atoms with van der Waals surface area (Å²) in [5.74, 6) is -1.75. The maximum Gasteiger partial charge on any atom is 0.334 e. The summed E-state index contributed by atoms with van der Waals surface area (Å²) in [6, 6.07) is 39.6. The molecule has 2 unspecified atom stereocenters. The van der Waals surface area contributed by atoms with E-state index in [1.807, 2.05) is 132 Å². The Morgan fingerprint density at radius 2 is 1.26 bits per heavy atom. The van der Waals surface area contributed by atoms with Crippen LogP contribution >= 0.6 is 11.6 Å². The zero-order chi connectivity index (χ0) is 52.8. The van der Waals surface area contributed by atoms with Gasteiger partial charge in [-0.05, 0) is 111 Å². The van der Waals surface area contributed by atoms with Gasteiger partial charge in [0.15, 0.2) is 17.3 Å². The SMILES string of the molecule is C=COCCCCN1/C(=C\C=C2C(=O)N(C(C)C)C(=O)N(C(C)C)C2=O)C(C)(C)c2ccc(Cl)cc21.C=Cc1ccc(CCN2C(=C3C(=O)C(c4ccccc4)C(c4ccccc4)C3=O)Oc3ccccc32)cc1. The molecular formula is C62H63ClN4O7. The molecule has 5 aromatic carbocycles. The van der Waals surface area contributed by atoms with Crippen LogP contribution in [0.2, 0.25) is 5.02 Å². The summed E-state index contributed by atoms with van der Waals surface area (Å²) >= 11 is 6.35. The number of anilines is 2. The first-order chi connectivity index (χ1) is 35.6. The largest absolute Gasteiger partial charge is 0.502 e. The number of allylic oxidation sites excluding steroid dienone is 4. The lowest BCUT2D eigenvalue weighted by atomic mass is 9.83. The molecule has 4 amide bonds. The number of fused-ring (bicyclic) bond motifs is 2. The second-order valence-corrected chi connectivity index (χ2v) is 20.2. The van der Waals surface area contributed by atoms with Crippen LogP contribution in [0.3, 0.4) is 0 Å². The number of ether oxygens (including phenoxy) is 2. The van der Waals surface area contributed by atoms with E-state index in [1.54, 1.807) is 33.8 Å². The van der Waals surface area contributed by atoms with E-state index in [0.717, 1.165) is 74.0 Å². The van der Waals surface area contributed by atoms with Gasteiger partial charge in [-0.15, -0.1) is 0 Å². The van der Waals surface area contributed by atoms with Gasteiger partial charge in [-0.1, -0.05) is 148 Å². The maximum absolute atomic E-state index is 14.1. The number of carbonyl (C=O) groups excluding carboxylic acids is 5. The average Bonchev–Trinajstić information content (AvgIpc) is 3.95. The van der Waals surface area contributed by atoms with Gasteiger partial charge in [0.2, 0.25) is 5.88 Å². The van der Waals surface area contributed by atoms with Crippen molar-refractivity contribution < 1.29 is 33.4 Å². The Hall–Kier alpha value is -7.76. The highest BCUT2D eigenvalue weighted by molar-refractivity contribution is 6.32. The van der Waals surface area contributed by atoms with Gasteiger partial charge >= 0.3 is 6.03 Å². The molecule has 2 atom stereocenters. The number of unbranched alkanes of at least 4 members (excludes halogenated alkanes) is 1. The lowest BCUT2D eigenvalue weighted by Crippen LogP contribution is -2.60. The second-order valence-electron chi connectivity index (χ2n) is 19.7. The third-order valence-corrected chi connectivity index (χ3v) is 14.2. The van der Waals surface area contributed by atoms with Gasteiger partial charge in [-0.2, -0.15) is 0 Å². The minimum absolute atomic E-state index is 0.0198. The highest BCUT2D eigenvalue weighted by atomic mass is 35.5. The monoisotopic (exact) mass is 1010 g/mol. The van der Waals surface area contributed by atoms with Gasteiger partial charge in [0, 0.05) is 47.0 Å². The van der Waals surface area contributed by atoms with Crippen molar-refractivity contribution in [1.82, 2.24) is 9.80 Å². The van der Waals surface area contributed by atoms with Crippen molar-refractivity contribution in [3.8, 4) is 5.75 Å². The molecule has 3 aliphatic heterocycles. The summed E-state index contributed by atoms with van der Waals surface area (Å²) < 4.78 is 11.5. The van der Waals surface area contributed by atoms with Crippen LogP contribution in [0, 0.1) is 0 Å². The first kappa shape index (κ1) is 52.6. The number of rotatable bonds is 15. The number of para-hydroxylation sites is 2. The summed E-state index contributed by atoms with van der Waals surface area (Å²) in [6.45, 7) is 20.5. The molecule has 0 aromatic heterocycles. The van der Waals surface area contributed by atoms with Gasteiger partial charge < -0.3 is 19.3 Å². The third-order valence-electron chi connectivity index (χ3n) is 14.0. The van der Waals surface area contributed by atoms with Crippen LogP contribution in [0.1, 0.15) is 94.0 Å². The van der Waals surface area contributed by atoms with E-state index in [-0.39, 0.29) is 40.2 Å². The van der Waals surface area contributed by atoms with Crippen molar-refractivity contribution in [2.75, 3.05) is 29.5 Å². The molecule has 74 heavy (non-hydrogen) atoms. The molecule has 0 spiro atoms. The van der Waals surface area contributed by atoms with E-state index < -0.39 is 29.7 Å². The van der Waals surface area contributed by atoms with Crippen LogP contribution in [0.5, 0.6) is 5.75 Å². The van der Waals surface area contributed by atoms with E-state index >= 15 is 0 Å². The van der Waals surface area contributed by atoms with E-state index in [0.29, 0.717) is 36.4 Å². The molecule has 0 bridgehead atoms. The van der Waals surface area contributed by atoms with E-state index in [1.165, 1.54) is 6.26 Å². The van der Waals surface area contributed by atoms with E-state index in [2.05, 4.69) is 44.0 Å². The number of ketones is 2. The summed E-state index contributed by atoms with van der Waals surface area (Å²) in [5, 5.41) is 0.639. The number of Topliss-reactive ketones (excluding diaryl/α,β-unsaturated/α-hetero) is 2. The molecule has 1 aliphatic carbocycles. The molecule has 11 nitrogen and oxygen atoms in total. The van der Waals surface area contributed by atoms with Crippen molar-refractivity contribution in [3.05, 3.63) is 215 Å². The van der Waals surface area contributed by atoms with Crippen molar-refractivity contribution in [3.63, 3.8) is 0 Å². The fourth-order valence-electron chi connectivity index (χ4n) is 10.3. The fourth-order valence-corrected chi connectivity index (χ4v) is 10.4. The Bertz CT molecular complexity index is 2980. The fraction of sp³-hybridized carbons (Fsp3) is 0.274. The minimum Gasteiger partial charge on any atom is -0.502 e. The number of carbonyl (C=O) groups is 5. The van der Waals surface area contributed by atoms with Crippen molar-refractivity contribution in [2.45, 2.75) is 90.1 Å². The van der Waals surface area contributed by atoms with Crippen LogP contribution in [0.25, 0.3) is 6.08 Å². The molecular weight excluding hydrogens is 948 g/mol. The van der Waals surface area contributed by atoms with Crippen molar-refractivity contribution in [2.24, 2.45) is 0 Å². The number of benzene rings is 5. The van der Waals surface area contributed by atoms with Crippen molar-refractivity contribution >= 4 is 58.5 Å². The van der Waals surface area contributed by atoms with E-state index in [4.69, 9.17) is 21.1 Å². The van der Waals surface area contributed by atoms with Gasteiger partial charge in [0.25, 0.3) is 11.8 Å². The van der Waals surface area contributed by atoms with Gasteiger partial charge in [-0.3, -0.25) is 29.0 Å². The lowest BCUT2D eigenvalue weighted by Gasteiger charge is -2.38. The maximum atomic E-state index is 14.1. The zero-order valence-electron chi connectivity index (χ0n) is 42.9.